The summed E-state index contributed by atoms with van der Waals surface area (Å²) in [6.45, 7) is 1.80. The fourth-order valence-corrected chi connectivity index (χ4v) is 6.79. The molecule has 5 rings (SSSR count). The lowest BCUT2D eigenvalue weighted by atomic mass is 9.49. The van der Waals surface area contributed by atoms with Crippen molar-refractivity contribution in [2.24, 2.45) is 23.2 Å². The SMILES string of the molecule is CC(Sc1nncs1)C(=O)NNC(=O)C12CC3CC(CC(C3)C1)C2. The van der Waals surface area contributed by atoms with Crippen LogP contribution in [-0.4, -0.2) is 27.3 Å². The molecule has 1 atom stereocenters. The molecule has 0 spiro atoms. The van der Waals surface area contributed by atoms with Crippen molar-refractivity contribution in [1.29, 1.82) is 0 Å². The fourth-order valence-electron chi connectivity index (χ4n) is 5.16. The first-order valence-corrected chi connectivity index (χ1v) is 10.3. The van der Waals surface area contributed by atoms with Crippen molar-refractivity contribution in [3.63, 3.8) is 0 Å². The highest BCUT2D eigenvalue weighted by atomic mass is 32.2. The van der Waals surface area contributed by atoms with Gasteiger partial charge in [0.2, 0.25) is 5.91 Å². The van der Waals surface area contributed by atoms with Crippen LogP contribution in [0.1, 0.15) is 45.4 Å². The second-order valence-electron chi connectivity index (χ2n) is 7.61. The molecule has 0 aliphatic heterocycles. The van der Waals surface area contributed by atoms with Gasteiger partial charge in [0.25, 0.3) is 5.91 Å². The molecule has 1 aromatic heterocycles. The van der Waals surface area contributed by atoms with Crippen LogP contribution in [0, 0.1) is 23.2 Å². The summed E-state index contributed by atoms with van der Waals surface area (Å²) in [5.41, 5.74) is 6.73. The van der Waals surface area contributed by atoms with E-state index < -0.39 is 0 Å². The van der Waals surface area contributed by atoms with Gasteiger partial charge in [0.15, 0.2) is 4.34 Å². The Kier molecular flexibility index (Phi) is 4.28. The van der Waals surface area contributed by atoms with E-state index in [1.54, 1.807) is 12.4 Å². The summed E-state index contributed by atoms with van der Waals surface area (Å²) in [7, 11) is 0. The van der Waals surface area contributed by atoms with Gasteiger partial charge in [-0.05, 0) is 63.2 Å². The van der Waals surface area contributed by atoms with E-state index in [-0.39, 0.29) is 22.5 Å². The minimum Gasteiger partial charge on any atom is -0.273 e. The summed E-state index contributed by atoms with van der Waals surface area (Å²) in [4.78, 5) is 25.0. The van der Waals surface area contributed by atoms with Crippen molar-refractivity contribution < 1.29 is 9.59 Å². The van der Waals surface area contributed by atoms with Gasteiger partial charge in [-0.25, -0.2) is 0 Å². The first kappa shape index (κ1) is 16.3. The smallest absolute Gasteiger partial charge is 0.251 e. The number of carbonyl (C=O) groups is 2. The number of nitrogens with zero attached hydrogens (tertiary/aromatic N) is 2. The molecule has 4 bridgehead atoms. The lowest BCUT2D eigenvalue weighted by molar-refractivity contribution is -0.148. The minimum absolute atomic E-state index is 0.0167. The average molecular weight is 367 g/mol. The number of aromatic nitrogens is 2. The van der Waals surface area contributed by atoms with Gasteiger partial charge >= 0.3 is 0 Å². The van der Waals surface area contributed by atoms with Crippen molar-refractivity contribution in [2.75, 3.05) is 0 Å². The van der Waals surface area contributed by atoms with Gasteiger partial charge in [-0.3, -0.25) is 20.4 Å². The number of nitrogens with one attached hydrogen (secondary N) is 2. The monoisotopic (exact) mass is 366 g/mol. The zero-order valence-corrected chi connectivity index (χ0v) is 15.3. The highest BCUT2D eigenvalue weighted by Crippen LogP contribution is 2.60. The number of hydrogen-bond acceptors (Lipinski definition) is 6. The average Bonchev–Trinajstić information content (AvgIpc) is 3.03. The predicted molar refractivity (Wildman–Crippen MR) is 92.1 cm³/mol. The summed E-state index contributed by atoms with van der Waals surface area (Å²) in [5, 5.41) is 7.36. The number of carbonyl (C=O) groups excluding carboxylic acids is 2. The maximum atomic E-state index is 12.8. The van der Waals surface area contributed by atoms with Crippen LogP contribution in [0.2, 0.25) is 0 Å². The van der Waals surface area contributed by atoms with Crippen LogP contribution in [0.25, 0.3) is 0 Å². The first-order chi connectivity index (χ1) is 11.5. The minimum atomic E-state index is -0.324. The lowest BCUT2D eigenvalue weighted by Gasteiger charge is -2.55. The molecular weight excluding hydrogens is 344 g/mol. The Balaban J connectivity index is 1.32. The molecule has 4 aliphatic carbocycles. The van der Waals surface area contributed by atoms with Crippen LogP contribution in [0.5, 0.6) is 0 Å². The van der Waals surface area contributed by atoms with Gasteiger partial charge in [-0.2, -0.15) is 0 Å². The van der Waals surface area contributed by atoms with Gasteiger partial charge in [0, 0.05) is 0 Å². The third kappa shape index (κ3) is 3.06. The normalized spacial score (nSPS) is 34.8. The molecule has 6 nitrogen and oxygen atoms in total. The van der Waals surface area contributed by atoms with E-state index in [1.165, 1.54) is 42.4 Å². The van der Waals surface area contributed by atoms with E-state index in [9.17, 15) is 9.59 Å². The number of amides is 2. The Hall–Kier alpha value is -1.15. The highest BCUT2D eigenvalue weighted by Gasteiger charge is 2.54. The fraction of sp³-hybridized carbons (Fsp3) is 0.750. The maximum Gasteiger partial charge on any atom is 0.251 e. The van der Waals surface area contributed by atoms with Crippen molar-refractivity contribution >= 4 is 34.9 Å². The van der Waals surface area contributed by atoms with Crippen LogP contribution in [0.3, 0.4) is 0 Å². The van der Waals surface area contributed by atoms with Crippen LogP contribution < -0.4 is 10.9 Å². The Morgan fingerprint density at radius 1 is 1.21 bits per heavy atom. The standard InChI is InChI=1S/C16H22N4O2S2/c1-9(24-15-20-17-8-23-15)13(21)18-19-14(22)16-5-10-2-11(6-16)4-12(3-10)7-16/h8-12H,2-7H2,1H3,(H,18,21)(H,19,22). The van der Waals surface area contributed by atoms with Crippen molar-refractivity contribution in [1.82, 2.24) is 21.0 Å². The van der Waals surface area contributed by atoms with E-state index >= 15 is 0 Å². The van der Waals surface area contributed by atoms with Gasteiger partial charge in [0.05, 0.1) is 10.7 Å². The van der Waals surface area contributed by atoms with Gasteiger partial charge in [0.1, 0.15) is 5.51 Å². The summed E-state index contributed by atoms with van der Waals surface area (Å²) < 4.78 is 0.755. The van der Waals surface area contributed by atoms with Gasteiger partial charge in [-0.15, -0.1) is 10.2 Å². The highest BCUT2D eigenvalue weighted by molar-refractivity contribution is 8.02. The number of thioether (sulfide) groups is 1. The Morgan fingerprint density at radius 2 is 1.83 bits per heavy atom. The van der Waals surface area contributed by atoms with Crippen LogP contribution in [0.4, 0.5) is 0 Å². The van der Waals surface area contributed by atoms with Crippen molar-refractivity contribution in [2.45, 2.75) is 55.0 Å². The van der Waals surface area contributed by atoms with Crippen molar-refractivity contribution in [3.05, 3.63) is 5.51 Å². The Morgan fingerprint density at radius 3 is 2.38 bits per heavy atom. The molecule has 2 amide bonds. The van der Waals surface area contributed by atoms with Crippen LogP contribution in [-0.2, 0) is 9.59 Å². The molecule has 4 saturated carbocycles. The topological polar surface area (TPSA) is 84.0 Å². The van der Waals surface area contributed by atoms with E-state index in [0.29, 0.717) is 17.8 Å². The molecule has 130 valence electrons. The van der Waals surface area contributed by atoms with Gasteiger partial charge in [-0.1, -0.05) is 23.1 Å². The molecule has 0 radical (unpaired) electrons. The molecule has 8 heteroatoms. The molecule has 0 saturated heterocycles. The molecule has 1 aromatic rings. The quantitative estimate of drug-likeness (QED) is 0.631. The first-order valence-electron chi connectivity index (χ1n) is 8.57. The Bertz CT molecular complexity index is 599. The predicted octanol–water partition coefficient (Wildman–Crippen LogP) is 2.38. The zero-order chi connectivity index (χ0) is 16.7. The van der Waals surface area contributed by atoms with Gasteiger partial charge < -0.3 is 0 Å². The number of rotatable bonds is 4. The number of hydrogen-bond donors (Lipinski definition) is 2. The van der Waals surface area contributed by atoms with Crippen molar-refractivity contribution in [3.8, 4) is 0 Å². The molecule has 4 aliphatic rings. The third-order valence-corrected chi connectivity index (χ3v) is 7.72. The molecule has 24 heavy (non-hydrogen) atoms. The zero-order valence-electron chi connectivity index (χ0n) is 13.7. The maximum absolute atomic E-state index is 12.8. The molecule has 4 fully saturated rings. The van der Waals surface area contributed by atoms with Crippen LogP contribution >= 0.6 is 23.1 Å². The van der Waals surface area contributed by atoms with E-state index in [1.807, 2.05) is 0 Å². The molecular formula is C16H22N4O2S2. The van der Waals surface area contributed by atoms with E-state index in [0.717, 1.165) is 23.6 Å². The van der Waals surface area contributed by atoms with Crippen LogP contribution in [0.15, 0.2) is 9.85 Å². The summed E-state index contributed by atoms with van der Waals surface area (Å²) in [6.07, 6.45) is 6.89. The largest absolute Gasteiger partial charge is 0.273 e. The molecule has 1 unspecified atom stereocenters. The molecule has 1 heterocycles. The Labute approximate surface area is 149 Å². The summed E-state index contributed by atoms with van der Waals surface area (Å²) in [6, 6.07) is 0. The van der Waals surface area contributed by atoms with E-state index in [2.05, 4.69) is 21.0 Å². The number of hydrazine groups is 1. The second-order valence-corrected chi connectivity index (χ2v) is 10.0. The summed E-state index contributed by atoms with van der Waals surface area (Å²) in [5.74, 6) is 1.95. The summed E-state index contributed by atoms with van der Waals surface area (Å²) >= 11 is 2.76. The van der Waals surface area contributed by atoms with E-state index in [4.69, 9.17) is 0 Å². The molecule has 2 N–H and O–H groups in total. The second kappa shape index (κ2) is 6.29. The lowest BCUT2D eigenvalue weighted by Crippen LogP contribution is -2.57. The third-order valence-electron chi connectivity index (χ3n) is 5.81. The molecule has 0 aromatic carbocycles.